The van der Waals surface area contributed by atoms with Crippen molar-refractivity contribution in [3.63, 3.8) is 0 Å². The third kappa shape index (κ3) is 3.41. The van der Waals surface area contributed by atoms with E-state index in [4.69, 9.17) is 4.74 Å². The summed E-state index contributed by atoms with van der Waals surface area (Å²) < 4.78 is 5.23. The highest BCUT2D eigenvalue weighted by molar-refractivity contribution is 5.84. The average Bonchev–Trinajstić information content (AvgIpc) is 3.20. The first-order valence-electron chi connectivity index (χ1n) is 9.77. The first kappa shape index (κ1) is 18.3. The SMILES string of the molecule is COc1cccc(CNC(=O)C2CCC3C(C2)N(C)C(=O)C2CCNN23)c1. The third-order valence-electron chi connectivity index (χ3n) is 6.29. The van der Waals surface area contributed by atoms with E-state index in [1.165, 1.54) is 0 Å². The Morgan fingerprint density at radius 1 is 1.30 bits per heavy atom. The highest BCUT2D eigenvalue weighted by atomic mass is 16.5. The van der Waals surface area contributed by atoms with Gasteiger partial charge in [-0.1, -0.05) is 12.1 Å². The second kappa shape index (κ2) is 7.48. The lowest BCUT2D eigenvalue weighted by Gasteiger charge is -2.50. The molecule has 4 rings (SSSR count). The lowest BCUT2D eigenvalue weighted by Crippen LogP contribution is -2.67. The van der Waals surface area contributed by atoms with Crippen molar-refractivity contribution in [3.05, 3.63) is 29.8 Å². The zero-order chi connectivity index (χ0) is 19.0. The third-order valence-corrected chi connectivity index (χ3v) is 6.29. The van der Waals surface area contributed by atoms with Gasteiger partial charge in [0, 0.05) is 38.1 Å². The Morgan fingerprint density at radius 3 is 2.96 bits per heavy atom. The normalized spacial score (nSPS) is 30.6. The molecule has 1 aromatic carbocycles. The summed E-state index contributed by atoms with van der Waals surface area (Å²) in [6.45, 7) is 1.35. The highest BCUT2D eigenvalue weighted by Crippen LogP contribution is 2.36. The Morgan fingerprint density at radius 2 is 2.15 bits per heavy atom. The van der Waals surface area contributed by atoms with Gasteiger partial charge in [-0.05, 0) is 43.4 Å². The maximum Gasteiger partial charge on any atom is 0.241 e. The minimum Gasteiger partial charge on any atom is -0.497 e. The molecule has 7 nitrogen and oxygen atoms in total. The van der Waals surface area contributed by atoms with Crippen LogP contribution in [0.15, 0.2) is 24.3 Å². The minimum absolute atomic E-state index is 0.0327. The Kier molecular flexibility index (Phi) is 5.06. The van der Waals surface area contributed by atoms with E-state index < -0.39 is 0 Å². The number of carbonyl (C=O) groups excluding carboxylic acids is 2. The molecular formula is C20H28N4O3. The first-order valence-corrected chi connectivity index (χ1v) is 9.77. The topological polar surface area (TPSA) is 73.9 Å². The number of carbonyl (C=O) groups is 2. The number of hydrogen-bond acceptors (Lipinski definition) is 5. The van der Waals surface area contributed by atoms with Gasteiger partial charge in [-0.3, -0.25) is 15.0 Å². The van der Waals surface area contributed by atoms with Crippen molar-refractivity contribution in [2.45, 2.75) is 50.4 Å². The van der Waals surface area contributed by atoms with Crippen LogP contribution in [0.25, 0.3) is 0 Å². The number of benzene rings is 1. The molecule has 1 aliphatic carbocycles. The number of rotatable bonds is 4. The summed E-state index contributed by atoms with van der Waals surface area (Å²) in [5, 5.41) is 5.22. The van der Waals surface area contributed by atoms with Crippen LogP contribution in [-0.4, -0.2) is 60.6 Å². The largest absolute Gasteiger partial charge is 0.497 e. The molecule has 2 saturated heterocycles. The fourth-order valence-corrected chi connectivity index (χ4v) is 4.79. The molecule has 7 heteroatoms. The molecule has 146 valence electrons. The molecule has 0 bridgehead atoms. The van der Waals surface area contributed by atoms with Gasteiger partial charge in [0.25, 0.3) is 0 Å². The summed E-state index contributed by atoms with van der Waals surface area (Å²) in [6.07, 6.45) is 3.39. The Balaban J connectivity index is 1.38. The molecule has 0 spiro atoms. The Labute approximate surface area is 160 Å². The van der Waals surface area contributed by atoms with Crippen LogP contribution < -0.4 is 15.5 Å². The van der Waals surface area contributed by atoms with E-state index in [1.807, 2.05) is 36.2 Å². The fraction of sp³-hybridized carbons (Fsp3) is 0.600. The summed E-state index contributed by atoms with van der Waals surface area (Å²) in [5.41, 5.74) is 4.40. The van der Waals surface area contributed by atoms with Crippen molar-refractivity contribution < 1.29 is 14.3 Å². The molecule has 2 N–H and O–H groups in total. The number of nitrogens with one attached hydrogen (secondary N) is 2. The van der Waals surface area contributed by atoms with Crippen LogP contribution in [-0.2, 0) is 16.1 Å². The van der Waals surface area contributed by atoms with Crippen molar-refractivity contribution in [1.29, 1.82) is 0 Å². The smallest absolute Gasteiger partial charge is 0.241 e. The molecule has 0 radical (unpaired) electrons. The zero-order valence-corrected chi connectivity index (χ0v) is 16.0. The van der Waals surface area contributed by atoms with Crippen LogP contribution in [0.1, 0.15) is 31.2 Å². The molecule has 4 atom stereocenters. The van der Waals surface area contributed by atoms with Gasteiger partial charge in [0.15, 0.2) is 0 Å². The van der Waals surface area contributed by atoms with E-state index >= 15 is 0 Å². The van der Waals surface area contributed by atoms with Crippen molar-refractivity contribution >= 4 is 11.8 Å². The minimum atomic E-state index is -0.0498. The van der Waals surface area contributed by atoms with E-state index in [-0.39, 0.29) is 29.8 Å². The van der Waals surface area contributed by atoms with Gasteiger partial charge in [-0.15, -0.1) is 0 Å². The number of methoxy groups -OCH3 is 1. The molecule has 0 aromatic heterocycles. The van der Waals surface area contributed by atoms with Gasteiger partial charge in [-0.25, -0.2) is 5.01 Å². The van der Waals surface area contributed by atoms with Crippen molar-refractivity contribution in [1.82, 2.24) is 20.7 Å². The summed E-state index contributed by atoms with van der Waals surface area (Å²) in [7, 11) is 3.53. The molecule has 1 saturated carbocycles. The van der Waals surface area contributed by atoms with Gasteiger partial charge in [0.05, 0.1) is 7.11 Å². The Hall–Kier alpha value is -2.12. The molecule has 2 amide bonds. The summed E-state index contributed by atoms with van der Waals surface area (Å²) in [6, 6.07) is 8.10. The van der Waals surface area contributed by atoms with Gasteiger partial charge < -0.3 is 15.0 Å². The summed E-state index contributed by atoms with van der Waals surface area (Å²) in [5.74, 6) is 0.996. The molecule has 3 aliphatic rings. The van der Waals surface area contributed by atoms with E-state index in [1.54, 1.807) is 7.11 Å². The lowest BCUT2D eigenvalue weighted by molar-refractivity contribution is -0.153. The Bertz CT molecular complexity index is 725. The predicted octanol–water partition coefficient (Wildman–Crippen LogP) is 0.900. The quantitative estimate of drug-likeness (QED) is 0.822. The highest BCUT2D eigenvalue weighted by Gasteiger charge is 2.50. The standard InChI is InChI=1S/C20H28N4O3/c1-23-18-11-14(6-7-16(18)24-17(20(23)26)8-9-22-24)19(25)21-12-13-4-3-5-15(10-13)27-2/h3-5,10,14,16-18,22H,6-9,11-12H2,1-2H3,(H,21,25). The van der Waals surface area contributed by atoms with E-state index in [0.717, 1.165) is 43.5 Å². The molecule has 27 heavy (non-hydrogen) atoms. The average molecular weight is 372 g/mol. The van der Waals surface area contributed by atoms with Gasteiger partial charge in [-0.2, -0.15) is 0 Å². The number of piperazine rings is 1. The molecule has 1 aromatic rings. The van der Waals surface area contributed by atoms with Crippen molar-refractivity contribution in [2.75, 3.05) is 20.7 Å². The number of hydrogen-bond donors (Lipinski definition) is 2. The van der Waals surface area contributed by atoms with Crippen molar-refractivity contribution in [2.24, 2.45) is 5.92 Å². The lowest BCUT2D eigenvalue weighted by atomic mass is 9.79. The van der Waals surface area contributed by atoms with E-state index in [2.05, 4.69) is 15.8 Å². The molecule has 4 unspecified atom stereocenters. The molecule has 2 aliphatic heterocycles. The monoisotopic (exact) mass is 372 g/mol. The molecule has 2 heterocycles. The van der Waals surface area contributed by atoms with Crippen LogP contribution in [0.4, 0.5) is 0 Å². The van der Waals surface area contributed by atoms with Gasteiger partial charge in [0.2, 0.25) is 11.8 Å². The number of nitrogens with zero attached hydrogens (tertiary/aromatic N) is 2. The number of fused-ring (bicyclic) bond motifs is 3. The maximum atomic E-state index is 12.7. The van der Waals surface area contributed by atoms with Crippen LogP contribution in [0.2, 0.25) is 0 Å². The van der Waals surface area contributed by atoms with Crippen LogP contribution in [0.5, 0.6) is 5.75 Å². The fourth-order valence-electron chi connectivity index (χ4n) is 4.79. The zero-order valence-electron chi connectivity index (χ0n) is 16.0. The van der Waals surface area contributed by atoms with Gasteiger partial charge >= 0.3 is 0 Å². The first-order chi connectivity index (χ1) is 13.1. The van der Waals surface area contributed by atoms with E-state index in [9.17, 15) is 9.59 Å². The molecular weight excluding hydrogens is 344 g/mol. The molecule has 3 fully saturated rings. The second-order valence-corrected chi connectivity index (χ2v) is 7.78. The number of hydrazine groups is 1. The van der Waals surface area contributed by atoms with Crippen LogP contribution >= 0.6 is 0 Å². The summed E-state index contributed by atoms with van der Waals surface area (Å²) >= 11 is 0. The van der Waals surface area contributed by atoms with Crippen LogP contribution in [0.3, 0.4) is 0 Å². The number of amides is 2. The predicted molar refractivity (Wildman–Crippen MR) is 101 cm³/mol. The number of ether oxygens (including phenoxy) is 1. The van der Waals surface area contributed by atoms with Crippen molar-refractivity contribution in [3.8, 4) is 5.75 Å². The van der Waals surface area contributed by atoms with E-state index in [0.29, 0.717) is 12.6 Å². The maximum absolute atomic E-state index is 12.7. The second-order valence-electron chi connectivity index (χ2n) is 7.78. The van der Waals surface area contributed by atoms with Gasteiger partial charge in [0.1, 0.15) is 11.8 Å². The van der Waals surface area contributed by atoms with Crippen LogP contribution in [0, 0.1) is 5.92 Å². The summed E-state index contributed by atoms with van der Waals surface area (Å²) in [4.78, 5) is 27.3. The number of likely N-dealkylation sites (N-methyl/N-ethyl adjacent to an activating group) is 1.